The number of nitrogens with zero attached hydrogens (tertiary/aromatic N) is 3. The first-order valence-corrected chi connectivity index (χ1v) is 11.5. The van der Waals surface area contributed by atoms with Crippen LogP contribution in [0.5, 0.6) is 0 Å². The Kier molecular flexibility index (Phi) is 6.94. The number of rotatable bonds is 8. The second kappa shape index (κ2) is 9.88. The van der Waals surface area contributed by atoms with Crippen molar-refractivity contribution in [3.05, 3.63) is 86.0 Å². The number of imidazole rings is 1. The van der Waals surface area contributed by atoms with Gasteiger partial charge >= 0.3 is 0 Å². The van der Waals surface area contributed by atoms with Crippen LogP contribution in [0.25, 0.3) is 10.2 Å². The normalized spacial score (nSPS) is 12.2. The smallest absolute Gasteiger partial charge is 0.257 e. The van der Waals surface area contributed by atoms with E-state index >= 15 is 0 Å². The van der Waals surface area contributed by atoms with E-state index in [0.29, 0.717) is 35.7 Å². The number of carbonyl (C=O) groups is 1. The molecule has 0 aliphatic rings. The fraction of sp³-hybridized carbons (Fsp3) is 0.261. The zero-order chi connectivity index (χ0) is 23.5. The maximum absolute atomic E-state index is 13.0. The predicted molar refractivity (Wildman–Crippen MR) is 130 cm³/mol. The number of carbonyl (C=O) groups excluding carboxylic acids is 1. The number of aromatic nitrogens is 3. The molecule has 8 nitrogen and oxygen atoms in total. The van der Waals surface area contributed by atoms with Gasteiger partial charge in [-0.15, -0.1) is 11.3 Å². The van der Waals surface area contributed by atoms with Crippen LogP contribution in [0.4, 0.5) is 0 Å². The van der Waals surface area contributed by atoms with E-state index in [1.54, 1.807) is 46.1 Å². The average Bonchev–Trinajstić information content (AvgIpc) is 3.42. The number of benzene rings is 1. The number of halogens is 1. The molecule has 1 aromatic carbocycles. The molecule has 3 N–H and O–H groups in total. The zero-order valence-electron chi connectivity index (χ0n) is 18.2. The fourth-order valence-corrected chi connectivity index (χ4v) is 4.67. The molecular weight excluding hydrogens is 462 g/mol. The van der Waals surface area contributed by atoms with Crippen molar-refractivity contribution in [3.8, 4) is 0 Å². The van der Waals surface area contributed by atoms with Gasteiger partial charge in [0.05, 0.1) is 17.4 Å². The fourth-order valence-electron chi connectivity index (χ4n) is 3.48. The van der Waals surface area contributed by atoms with Crippen molar-refractivity contribution in [2.24, 2.45) is 14.1 Å². The first kappa shape index (κ1) is 23.2. The molecule has 1 unspecified atom stereocenters. The van der Waals surface area contributed by atoms with Gasteiger partial charge in [0.25, 0.3) is 5.91 Å². The Balaban J connectivity index is 1.44. The molecule has 0 bridgehead atoms. The van der Waals surface area contributed by atoms with Crippen LogP contribution in [0.1, 0.15) is 32.6 Å². The van der Waals surface area contributed by atoms with Gasteiger partial charge in [-0.05, 0) is 23.8 Å². The summed E-state index contributed by atoms with van der Waals surface area (Å²) in [4.78, 5) is 31.6. The number of aliphatic hydroxyl groups is 1. The molecule has 4 aromatic rings. The zero-order valence-corrected chi connectivity index (χ0v) is 19.8. The van der Waals surface area contributed by atoms with Crippen LogP contribution < -0.4 is 16.1 Å². The number of hydrogen-bond donors (Lipinski definition) is 3. The second-order valence-electron chi connectivity index (χ2n) is 7.83. The summed E-state index contributed by atoms with van der Waals surface area (Å²) >= 11 is 7.37. The van der Waals surface area contributed by atoms with E-state index < -0.39 is 12.0 Å². The highest BCUT2D eigenvalue weighted by Gasteiger charge is 2.17. The SMILES string of the molecule is Cn1cnc(C(O)CNCc2cc3c(=O)c(C(=O)NCc4ccc(Cl)cc4)cn(C)c3s2)c1. The van der Waals surface area contributed by atoms with Crippen molar-refractivity contribution in [3.63, 3.8) is 0 Å². The minimum Gasteiger partial charge on any atom is -0.385 e. The highest BCUT2D eigenvalue weighted by Crippen LogP contribution is 2.23. The number of amides is 1. The average molecular weight is 486 g/mol. The van der Waals surface area contributed by atoms with Crippen molar-refractivity contribution in [2.75, 3.05) is 6.54 Å². The summed E-state index contributed by atoms with van der Waals surface area (Å²) in [6.45, 7) is 1.12. The minimum absolute atomic E-state index is 0.0989. The predicted octanol–water partition coefficient (Wildman–Crippen LogP) is 2.74. The van der Waals surface area contributed by atoms with Crippen LogP contribution in [0, 0.1) is 0 Å². The summed E-state index contributed by atoms with van der Waals surface area (Å²) < 4.78 is 3.58. The van der Waals surface area contributed by atoms with Crippen molar-refractivity contribution in [1.82, 2.24) is 24.8 Å². The Labute approximate surface area is 199 Å². The van der Waals surface area contributed by atoms with E-state index in [1.807, 2.05) is 26.2 Å². The standard InChI is InChI=1S/C23H24ClN5O3S/c1-28-12-19(27-13-28)20(30)10-25-9-16-7-17-21(31)18(11-29(2)23(17)33-16)22(32)26-8-14-3-5-15(24)6-4-14/h3-7,11-13,20,25,30H,8-10H2,1-2H3,(H,26,32). The molecule has 0 aliphatic carbocycles. The van der Waals surface area contributed by atoms with E-state index in [0.717, 1.165) is 15.3 Å². The number of aliphatic hydroxyl groups excluding tert-OH is 1. The Morgan fingerprint density at radius 2 is 1.97 bits per heavy atom. The van der Waals surface area contributed by atoms with E-state index in [-0.39, 0.29) is 11.0 Å². The number of hydrogen-bond acceptors (Lipinski definition) is 6. The lowest BCUT2D eigenvalue weighted by molar-refractivity contribution is 0.0949. The van der Waals surface area contributed by atoms with Crippen LogP contribution in [-0.2, 0) is 27.2 Å². The molecule has 172 valence electrons. The lowest BCUT2D eigenvalue weighted by Gasteiger charge is -2.08. The maximum Gasteiger partial charge on any atom is 0.257 e. The Bertz CT molecular complexity index is 1340. The van der Waals surface area contributed by atoms with Gasteiger partial charge in [-0.25, -0.2) is 4.98 Å². The van der Waals surface area contributed by atoms with E-state index in [2.05, 4.69) is 15.6 Å². The Morgan fingerprint density at radius 1 is 1.21 bits per heavy atom. The maximum atomic E-state index is 13.0. The number of aryl methyl sites for hydroxylation is 2. The number of pyridine rings is 1. The van der Waals surface area contributed by atoms with Crippen LogP contribution in [0.2, 0.25) is 5.02 Å². The quantitative estimate of drug-likeness (QED) is 0.356. The molecular formula is C23H24ClN5O3S. The topological polar surface area (TPSA) is 101 Å². The molecule has 1 atom stereocenters. The van der Waals surface area contributed by atoms with Crippen molar-refractivity contribution < 1.29 is 9.90 Å². The van der Waals surface area contributed by atoms with Gasteiger partial charge in [-0.2, -0.15) is 0 Å². The van der Waals surface area contributed by atoms with Gasteiger partial charge in [0.1, 0.15) is 16.5 Å². The van der Waals surface area contributed by atoms with Crippen molar-refractivity contribution >= 4 is 39.1 Å². The molecule has 4 rings (SSSR count). The highest BCUT2D eigenvalue weighted by atomic mass is 35.5. The van der Waals surface area contributed by atoms with Crippen LogP contribution in [0.3, 0.4) is 0 Å². The van der Waals surface area contributed by atoms with Crippen LogP contribution in [-0.4, -0.2) is 31.7 Å². The van der Waals surface area contributed by atoms with Crippen LogP contribution >= 0.6 is 22.9 Å². The highest BCUT2D eigenvalue weighted by molar-refractivity contribution is 7.18. The van der Waals surface area contributed by atoms with Crippen molar-refractivity contribution in [1.29, 1.82) is 0 Å². The Morgan fingerprint density at radius 3 is 2.67 bits per heavy atom. The van der Waals surface area contributed by atoms with Gasteiger partial charge in [-0.3, -0.25) is 9.59 Å². The third-order valence-corrected chi connectivity index (χ3v) is 6.69. The van der Waals surface area contributed by atoms with Gasteiger partial charge < -0.3 is 24.9 Å². The monoisotopic (exact) mass is 485 g/mol. The summed E-state index contributed by atoms with van der Waals surface area (Å²) in [5, 5.41) is 17.4. The molecule has 3 aromatic heterocycles. The first-order valence-electron chi connectivity index (χ1n) is 10.3. The molecule has 10 heteroatoms. The molecule has 0 fully saturated rings. The summed E-state index contributed by atoms with van der Waals surface area (Å²) in [5.74, 6) is -0.420. The second-order valence-corrected chi connectivity index (χ2v) is 9.39. The van der Waals surface area contributed by atoms with Gasteiger partial charge in [0.15, 0.2) is 0 Å². The summed E-state index contributed by atoms with van der Waals surface area (Å²) in [6.07, 6.45) is 4.27. The van der Waals surface area contributed by atoms with Gasteiger partial charge in [-0.1, -0.05) is 23.7 Å². The van der Waals surface area contributed by atoms with Gasteiger partial charge in [0.2, 0.25) is 5.43 Å². The Hall–Kier alpha value is -2.98. The first-order chi connectivity index (χ1) is 15.8. The third kappa shape index (κ3) is 5.33. The summed E-state index contributed by atoms with van der Waals surface area (Å²) in [7, 11) is 3.66. The van der Waals surface area contributed by atoms with E-state index in [9.17, 15) is 14.7 Å². The van der Waals surface area contributed by atoms with Crippen molar-refractivity contribution in [2.45, 2.75) is 19.2 Å². The number of nitrogens with one attached hydrogen (secondary N) is 2. The molecule has 33 heavy (non-hydrogen) atoms. The lowest BCUT2D eigenvalue weighted by Crippen LogP contribution is -2.29. The van der Waals surface area contributed by atoms with Gasteiger partial charge in [0, 0.05) is 56.0 Å². The largest absolute Gasteiger partial charge is 0.385 e. The molecule has 1 amide bonds. The molecule has 0 radical (unpaired) electrons. The minimum atomic E-state index is -0.720. The van der Waals surface area contributed by atoms with E-state index in [4.69, 9.17) is 11.6 Å². The molecule has 0 aliphatic heterocycles. The lowest BCUT2D eigenvalue weighted by atomic mass is 10.2. The number of fused-ring (bicyclic) bond motifs is 1. The molecule has 3 heterocycles. The number of thiophene rings is 1. The van der Waals surface area contributed by atoms with Crippen LogP contribution in [0.15, 0.2) is 53.8 Å². The molecule has 0 spiro atoms. The summed E-state index contributed by atoms with van der Waals surface area (Å²) in [5.41, 5.74) is 1.29. The molecule has 0 saturated carbocycles. The van der Waals surface area contributed by atoms with E-state index in [1.165, 1.54) is 11.3 Å². The third-order valence-electron chi connectivity index (χ3n) is 5.21. The summed E-state index contributed by atoms with van der Waals surface area (Å²) in [6, 6.07) is 8.97. The molecule has 0 saturated heterocycles.